The molecule has 0 aliphatic rings. The van der Waals surface area contributed by atoms with Gasteiger partial charge in [-0.15, -0.1) is 0 Å². The van der Waals surface area contributed by atoms with Gasteiger partial charge in [0.25, 0.3) is 0 Å². The standard InChI is InChI=1S/C7H8.C5H7N.C2H6/c1-7-5-3-2-4-6-7;1-6-4-2-3-5-6;1-2/h2-6H,1H3;2-5H,1H3;1-2H3. The number of rotatable bonds is 0. The molecule has 1 aromatic heterocycles. The van der Waals surface area contributed by atoms with Crippen LogP contribution < -0.4 is 0 Å². The van der Waals surface area contributed by atoms with Gasteiger partial charge in [0.05, 0.1) is 0 Å². The van der Waals surface area contributed by atoms with Gasteiger partial charge in [-0.2, -0.15) is 0 Å². The maximum absolute atomic E-state index is 2.08. The Morgan fingerprint density at radius 3 is 1.47 bits per heavy atom. The first-order valence-corrected chi connectivity index (χ1v) is 5.37. The summed E-state index contributed by atoms with van der Waals surface area (Å²) in [6, 6.07) is 14.3. The van der Waals surface area contributed by atoms with E-state index in [0.717, 1.165) is 0 Å². The van der Waals surface area contributed by atoms with Crippen LogP contribution in [0.4, 0.5) is 0 Å². The number of aryl methyl sites for hydroxylation is 2. The number of benzene rings is 1. The zero-order chi connectivity index (χ0) is 11.5. The van der Waals surface area contributed by atoms with E-state index in [9.17, 15) is 0 Å². The average molecular weight is 203 g/mol. The minimum Gasteiger partial charge on any atom is -0.357 e. The fourth-order valence-corrected chi connectivity index (χ4v) is 0.955. The van der Waals surface area contributed by atoms with Gasteiger partial charge in [-0.05, 0) is 19.1 Å². The molecular formula is C14H21N. The molecule has 0 radical (unpaired) electrons. The summed E-state index contributed by atoms with van der Waals surface area (Å²) in [5, 5.41) is 0. The van der Waals surface area contributed by atoms with Gasteiger partial charge in [0.15, 0.2) is 0 Å². The zero-order valence-corrected chi connectivity index (χ0v) is 10.1. The van der Waals surface area contributed by atoms with E-state index in [1.165, 1.54) is 5.56 Å². The van der Waals surface area contributed by atoms with E-state index in [1.54, 1.807) is 0 Å². The molecular weight excluding hydrogens is 182 g/mol. The molecule has 0 amide bonds. The van der Waals surface area contributed by atoms with E-state index in [2.05, 4.69) is 19.1 Å². The van der Waals surface area contributed by atoms with Crippen molar-refractivity contribution in [3.8, 4) is 0 Å². The van der Waals surface area contributed by atoms with Crippen molar-refractivity contribution in [1.82, 2.24) is 4.57 Å². The predicted octanol–water partition coefficient (Wildman–Crippen LogP) is 4.05. The summed E-state index contributed by atoms with van der Waals surface area (Å²) < 4.78 is 2.00. The molecule has 0 unspecified atom stereocenters. The topological polar surface area (TPSA) is 4.93 Å². The van der Waals surface area contributed by atoms with Crippen molar-refractivity contribution < 1.29 is 0 Å². The first kappa shape index (κ1) is 13.5. The van der Waals surface area contributed by atoms with Crippen molar-refractivity contribution in [2.45, 2.75) is 20.8 Å². The molecule has 0 saturated heterocycles. The first-order valence-electron chi connectivity index (χ1n) is 5.37. The van der Waals surface area contributed by atoms with E-state index in [4.69, 9.17) is 0 Å². The lowest BCUT2D eigenvalue weighted by atomic mass is 10.2. The van der Waals surface area contributed by atoms with E-state index in [1.807, 2.05) is 68.2 Å². The van der Waals surface area contributed by atoms with Crippen LogP contribution in [0, 0.1) is 6.92 Å². The highest BCUT2D eigenvalue weighted by Crippen LogP contribution is 1.92. The highest BCUT2D eigenvalue weighted by atomic mass is 14.9. The van der Waals surface area contributed by atoms with Crippen LogP contribution in [0.5, 0.6) is 0 Å². The summed E-state index contributed by atoms with van der Waals surface area (Å²) >= 11 is 0. The van der Waals surface area contributed by atoms with Gasteiger partial charge >= 0.3 is 0 Å². The quantitative estimate of drug-likeness (QED) is 0.609. The predicted molar refractivity (Wildman–Crippen MR) is 67.9 cm³/mol. The van der Waals surface area contributed by atoms with Crippen LogP contribution in [-0.2, 0) is 7.05 Å². The van der Waals surface area contributed by atoms with E-state index in [0.29, 0.717) is 0 Å². The molecule has 0 N–H and O–H groups in total. The largest absolute Gasteiger partial charge is 0.357 e. The van der Waals surface area contributed by atoms with Crippen LogP contribution in [0.3, 0.4) is 0 Å². The highest BCUT2D eigenvalue weighted by Gasteiger charge is 1.72. The van der Waals surface area contributed by atoms with E-state index in [-0.39, 0.29) is 0 Å². The average Bonchev–Trinajstić information content (AvgIpc) is 2.74. The maximum atomic E-state index is 2.08. The van der Waals surface area contributed by atoms with E-state index < -0.39 is 0 Å². The SMILES string of the molecule is CC.Cc1ccccc1.Cn1cccc1. The van der Waals surface area contributed by atoms with Gasteiger partial charge in [0.1, 0.15) is 0 Å². The van der Waals surface area contributed by atoms with Crippen LogP contribution in [0.1, 0.15) is 19.4 Å². The second kappa shape index (κ2) is 9.07. The molecule has 1 heterocycles. The first-order chi connectivity index (χ1) is 7.29. The van der Waals surface area contributed by atoms with Crippen molar-refractivity contribution in [2.24, 2.45) is 7.05 Å². The van der Waals surface area contributed by atoms with Crippen LogP contribution in [0.15, 0.2) is 54.9 Å². The summed E-state index contributed by atoms with van der Waals surface area (Å²) in [5.41, 5.74) is 1.32. The normalized spacial score (nSPS) is 8.00. The van der Waals surface area contributed by atoms with Crippen molar-refractivity contribution in [3.63, 3.8) is 0 Å². The minimum absolute atomic E-state index is 1.32. The Labute approximate surface area is 93.4 Å². The summed E-state index contributed by atoms with van der Waals surface area (Å²) in [7, 11) is 2.00. The molecule has 0 fully saturated rings. The highest BCUT2D eigenvalue weighted by molar-refractivity contribution is 5.11. The molecule has 0 bridgehead atoms. The fraction of sp³-hybridized carbons (Fsp3) is 0.286. The van der Waals surface area contributed by atoms with Crippen LogP contribution in [0.2, 0.25) is 0 Å². The van der Waals surface area contributed by atoms with Crippen LogP contribution >= 0.6 is 0 Å². The molecule has 1 aromatic carbocycles. The van der Waals surface area contributed by atoms with Gasteiger partial charge in [0.2, 0.25) is 0 Å². The number of aromatic nitrogens is 1. The second-order valence-corrected chi connectivity index (χ2v) is 3.00. The number of hydrogen-bond donors (Lipinski definition) is 0. The summed E-state index contributed by atoms with van der Waals surface area (Å²) in [6.45, 7) is 6.08. The summed E-state index contributed by atoms with van der Waals surface area (Å²) in [5.74, 6) is 0. The molecule has 0 aliphatic heterocycles. The molecule has 82 valence electrons. The Morgan fingerprint density at radius 1 is 0.800 bits per heavy atom. The molecule has 0 saturated carbocycles. The summed E-state index contributed by atoms with van der Waals surface area (Å²) in [4.78, 5) is 0. The monoisotopic (exact) mass is 203 g/mol. The van der Waals surface area contributed by atoms with Crippen LogP contribution in [0.25, 0.3) is 0 Å². The molecule has 2 aromatic rings. The molecule has 1 heteroatoms. The van der Waals surface area contributed by atoms with Crippen molar-refractivity contribution in [1.29, 1.82) is 0 Å². The Morgan fingerprint density at radius 2 is 1.27 bits per heavy atom. The molecule has 15 heavy (non-hydrogen) atoms. The Kier molecular flexibility index (Phi) is 8.16. The van der Waals surface area contributed by atoms with Crippen molar-refractivity contribution in [3.05, 3.63) is 60.4 Å². The molecule has 0 spiro atoms. The molecule has 0 atom stereocenters. The maximum Gasteiger partial charge on any atom is 0.0106 e. The lowest BCUT2D eigenvalue weighted by molar-refractivity contribution is 0.928. The van der Waals surface area contributed by atoms with Crippen LogP contribution in [-0.4, -0.2) is 4.57 Å². The van der Waals surface area contributed by atoms with E-state index >= 15 is 0 Å². The van der Waals surface area contributed by atoms with Gasteiger partial charge < -0.3 is 4.57 Å². The smallest absolute Gasteiger partial charge is 0.0106 e. The summed E-state index contributed by atoms with van der Waals surface area (Å²) in [6.07, 6.45) is 4.00. The molecule has 1 nitrogen and oxygen atoms in total. The molecule has 2 rings (SSSR count). The fourth-order valence-electron chi connectivity index (χ4n) is 0.955. The third-order valence-electron chi connectivity index (χ3n) is 1.69. The zero-order valence-electron chi connectivity index (χ0n) is 10.1. The van der Waals surface area contributed by atoms with Gasteiger partial charge in [-0.25, -0.2) is 0 Å². The minimum atomic E-state index is 1.32. The second-order valence-electron chi connectivity index (χ2n) is 3.00. The van der Waals surface area contributed by atoms with Gasteiger partial charge in [0, 0.05) is 19.4 Å². The van der Waals surface area contributed by atoms with Gasteiger partial charge in [-0.1, -0.05) is 49.7 Å². The third kappa shape index (κ3) is 7.56. The van der Waals surface area contributed by atoms with Gasteiger partial charge in [-0.3, -0.25) is 0 Å². The Bertz CT molecular complexity index is 308. The third-order valence-corrected chi connectivity index (χ3v) is 1.69. The van der Waals surface area contributed by atoms with Crippen molar-refractivity contribution in [2.75, 3.05) is 0 Å². The number of nitrogens with zero attached hydrogens (tertiary/aromatic N) is 1. The Balaban J connectivity index is 0.000000227. The van der Waals surface area contributed by atoms with Crippen molar-refractivity contribution >= 4 is 0 Å². The Hall–Kier alpha value is -1.50. The lowest BCUT2D eigenvalue weighted by Gasteiger charge is -1.82. The lowest BCUT2D eigenvalue weighted by Crippen LogP contribution is -1.75. The molecule has 0 aliphatic carbocycles. The number of hydrogen-bond acceptors (Lipinski definition) is 0.